The van der Waals surface area contributed by atoms with Crippen molar-refractivity contribution in [3.63, 3.8) is 0 Å². The van der Waals surface area contributed by atoms with E-state index in [1.807, 2.05) is 0 Å². The Morgan fingerprint density at radius 1 is 1.24 bits per heavy atom. The predicted molar refractivity (Wildman–Crippen MR) is 73.5 cm³/mol. The normalized spacial score (nSPS) is 18.9. The molecule has 1 aliphatic heterocycles. The summed E-state index contributed by atoms with van der Waals surface area (Å²) in [6, 6.07) is 11.6. The number of fused-ring (bicyclic) bond motifs is 1. The second kappa shape index (κ2) is 5.03. The summed E-state index contributed by atoms with van der Waals surface area (Å²) in [6.45, 7) is 1.12. The number of nitrogens with one attached hydrogen (secondary N) is 1. The van der Waals surface area contributed by atoms with Gasteiger partial charge >= 0.3 is 0 Å². The highest BCUT2D eigenvalue weighted by Crippen LogP contribution is 2.26. The number of hydrogen-bond donors (Lipinski definition) is 1. The van der Waals surface area contributed by atoms with Crippen LogP contribution in [-0.4, -0.2) is 6.54 Å². The van der Waals surface area contributed by atoms with Crippen LogP contribution in [-0.2, 0) is 12.8 Å². The van der Waals surface area contributed by atoms with Gasteiger partial charge in [0.05, 0.1) is 0 Å². The number of hydrogen-bond acceptors (Lipinski definition) is 2. The van der Waals surface area contributed by atoms with Crippen LogP contribution < -0.4 is 5.32 Å². The van der Waals surface area contributed by atoms with Gasteiger partial charge in [-0.15, -0.1) is 0 Å². The summed E-state index contributed by atoms with van der Waals surface area (Å²) in [6.07, 6.45) is 3.55. The summed E-state index contributed by atoms with van der Waals surface area (Å²) in [4.78, 5) is 0. The van der Waals surface area contributed by atoms with E-state index in [4.69, 9.17) is 0 Å². The Labute approximate surface area is 106 Å². The van der Waals surface area contributed by atoms with Gasteiger partial charge in [-0.25, -0.2) is 0 Å². The van der Waals surface area contributed by atoms with Crippen molar-refractivity contribution < 1.29 is 0 Å². The Kier molecular flexibility index (Phi) is 3.25. The molecule has 1 aromatic heterocycles. The Bertz CT molecular complexity index is 475. The molecule has 2 heteroatoms. The molecule has 17 heavy (non-hydrogen) atoms. The molecule has 0 saturated carbocycles. The first-order chi connectivity index (χ1) is 8.43. The molecule has 1 aliphatic rings. The topological polar surface area (TPSA) is 12.0 Å². The van der Waals surface area contributed by atoms with Crippen molar-refractivity contribution in [2.75, 3.05) is 6.54 Å². The fourth-order valence-corrected chi connectivity index (χ4v) is 3.30. The summed E-state index contributed by atoms with van der Waals surface area (Å²) in [5.74, 6) is 0. The third-order valence-electron chi connectivity index (χ3n) is 3.52. The maximum atomic E-state index is 3.64. The van der Waals surface area contributed by atoms with Gasteiger partial charge in [-0.05, 0) is 59.3 Å². The zero-order valence-corrected chi connectivity index (χ0v) is 10.7. The quantitative estimate of drug-likeness (QED) is 0.869. The van der Waals surface area contributed by atoms with Gasteiger partial charge in [0.2, 0.25) is 0 Å². The molecule has 2 aromatic rings. The third-order valence-corrected chi connectivity index (χ3v) is 4.25. The molecular weight excluding hydrogens is 226 g/mol. The molecular formula is C15H17NS. The summed E-state index contributed by atoms with van der Waals surface area (Å²) >= 11 is 1.79. The van der Waals surface area contributed by atoms with Crippen molar-refractivity contribution in [1.29, 1.82) is 0 Å². The molecule has 0 radical (unpaired) electrons. The van der Waals surface area contributed by atoms with Gasteiger partial charge < -0.3 is 5.32 Å². The molecule has 0 fully saturated rings. The smallest absolute Gasteiger partial charge is 0.0326 e. The molecule has 1 N–H and O–H groups in total. The highest BCUT2D eigenvalue weighted by Gasteiger charge is 2.18. The third kappa shape index (κ3) is 2.43. The molecule has 3 rings (SSSR count). The van der Waals surface area contributed by atoms with Gasteiger partial charge in [0, 0.05) is 6.04 Å². The van der Waals surface area contributed by atoms with Crippen molar-refractivity contribution in [3.05, 3.63) is 57.8 Å². The number of benzene rings is 1. The van der Waals surface area contributed by atoms with Crippen molar-refractivity contribution in [3.8, 4) is 0 Å². The molecule has 0 aliphatic carbocycles. The fraction of sp³-hybridized carbons (Fsp3) is 0.333. The number of aryl methyl sites for hydroxylation is 1. The highest BCUT2D eigenvalue weighted by molar-refractivity contribution is 7.07. The van der Waals surface area contributed by atoms with Gasteiger partial charge in [-0.2, -0.15) is 11.3 Å². The molecule has 1 unspecified atom stereocenters. The van der Waals surface area contributed by atoms with Gasteiger partial charge in [0.25, 0.3) is 0 Å². The van der Waals surface area contributed by atoms with Gasteiger partial charge in [0.1, 0.15) is 0 Å². The zero-order chi connectivity index (χ0) is 11.5. The second-order valence-corrected chi connectivity index (χ2v) is 5.41. The molecule has 0 spiro atoms. The SMILES string of the molecule is c1ccc2c(c1)CCNC2CCc1ccsc1. The maximum absolute atomic E-state index is 3.64. The standard InChI is InChI=1S/C15H17NS/c1-2-4-14-13(3-1)7-9-16-15(14)6-5-12-8-10-17-11-12/h1-4,8,10-11,15-16H,5-7,9H2. The van der Waals surface area contributed by atoms with Crippen LogP contribution >= 0.6 is 11.3 Å². The van der Waals surface area contributed by atoms with Crippen LogP contribution in [0.1, 0.15) is 29.2 Å². The first-order valence-corrected chi connectivity index (χ1v) is 7.20. The minimum absolute atomic E-state index is 0.542. The van der Waals surface area contributed by atoms with Crippen LogP contribution in [0.25, 0.3) is 0 Å². The summed E-state index contributed by atoms with van der Waals surface area (Å²) in [7, 11) is 0. The lowest BCUT2D eigenvalue weighted by Gasteiger charge is -2.26. The molecule has 1 atom stereocenters. The van der Waals surface area contributed by atoms with Crippen LogP contribution in [0.3, 0.4) is 0 Å². The number of thiophene rings is 1. The summed E-state index contributed by atoms with van der Waals surface area (Å²) < 4.78 is 0. The van der Waals surface area contributed by atoms with Crippen LogP contribution in [0.15, 0.2) is 41.1 Å². The molecule has 0 amide bonds. The molecule has 0 bridgehead atoms. The van der Waals surface area contributed by atoms with E-state index in [1.54, 1.807) is 11.3 Å². The zero-order valence-electron chi connectivity index (χ0n) is 9.86. The molecule has 1 aromatic carbocycles. The van der Waals surface area contributed by atoms with E-state index in [0.29, 0.717) is 6.04 Å². The lowest BCUT2D eigenvalue weighted by Crippen LogP contribution is -2.30. The minimum Gasteiger partial charge on any atom is -0.310 e. The van der Waals surface area contributed by atoms with Gasteiger partial charge in [-0.3, -0.25) is 0 Å². The van der Waals surface area contributed by atoms with Crippen molar-refractivity contribution in [2.45, 2.75) is 25.3 Å². The van der Waals surface area contributed by atoms with Crippen LogP contribution in [0.5, 0.6) is 0 Å². The Balaban J connectivity index is 1.72. The summed E-state index contributed by atoms with van der Waals surface area (Å²) in [5.41, 5.74) is 4.51. The van der Waals surface area contributed by atoms with E-state index in [2.05, 4.69) is 46.4 Å². The minimum atomic E-state index is 0.542. The highest BCUT2D eigenvalue weighted by atomic mass is 32.1. The average molecular weight is 243 g/mol. The Morgan fingerprint density at radius 3 is 3.06 bits per heavy atom. The largest absolute Gasteiger partial charge is 0.310 e. The van der Waals surface area contributed by atoms with E-state index in [0.717, 1.165) is 6.54 Å². The maximum Gasteiger partial charge on any atom is 0.0326 e. The van der Waals surface area contributed by atoms with Crippen LogP contribution in [0.4, 0.5) is 0 Å². The lowest BCUT2D eigenvalue weighted by molar-refractivity contribution is 0.476. The van der Waals surface area contributed by atoms with E-state index in [1.165, 1.54) is 36.0 Å². The predicted octanol–water partition coefficient (Wildman–Crippen LogP) is 3.57. The molecule has 2 heterocycles. The van der Waals surface area contributed by atoms with Crippen molar-refractivity contribution in [1.82, 2.24) is 5.32 Å². The van der Waals surface area contributed by atoms with Gasteiger partial charge in [-0.1, -0.05) is 24.3 Å². The van der Waals surface area contributed by atoms with Crippen LogP contribution in [0, 0.1) is 0 Å². The van der Waals surface area contributed by atoms with Gasteiger partial charge in [0.15, 0.2) is 0 Å². The van der Waals surface area contributed by atoms with Crippen molar-refractivity contribution >= 4 is 11.3 Å². The lowest BCUT2D eigenvalue weighted by atomic mass is 9.91. The molecule has 88 valence electrons. The monoisotopic (exact) mass is 243 g/mol. The Hall–Kier alpha value is -1.12. The van der Waals surface area contributed by atoms with E-state index in [-0.39, 0.29) is 0 Å². The van der Waals surface area contributed by atoms with E-state index < -0.39 is 0 Å². The first-order valence-electron chi connectivity index (χ1n) is 6.26. The Morgan fingerprint density at radius 2 is 2.18 bits per heavy atom. The van der Waals surface area contributed by atoms with Crippen LogP contribution in [0.2, 0.25) is 0 Å². The van der Waals surface area contributed by atoms with Crippen molar-refractivity contribution in [2.24, 2.45) is 0 Å². The first kappa shape index (κ1) is 11.0. The second-order valence-electron chi connectivity index (χ2n) is 4.63. The fourth-order valence-electron chi connectivity index (χ4n) is 2.60. The summed E-state index contributed by atoms with van der Waals surface area (Å²) in [5, 5.41) is 8.06. The number of rotatable bonds is 3. The molecule has 1 nitrogen and oxygen atoms in total. The van der Waals surface area contributed by atoms with E-state index in [9.17, 15) is 0 Å². The molecule has 0 saturated heterocycles. The average Bonchev–Trinajstić information content (AvgIpc) is 2.89. The van der Waals surface area contributed by atoms with E-state index >= 15 is 0 Å².